The monoisotopic (exact) mass is 258 g/mol. The van der Waals surface area contributed by atoms with Crippen LogP contribution >= 0.6 is 0 Å². The molecule has 0 bridgehead atoms. The number of anilines is 1. The SMILES string of the molecule is CCNc1nc(C)nc(-c2ccnc(OC)c2)c1C. The van der Waals surface area contributed by atoms with E-state index in [1.807, 2.05) is 32.9 Å². The number of methoxy groups -OCH3 is 1. The summed E-state index contributed by atoms with van der Waals surface area (Å²) in [4.78, 5) is 13.1. The molecule has 2 aromatic heterocycles. The largest absolute Gasteiger partial charge is 0.481 e. The number of nitrogens with one attached hydrogen (secondary N) is 1. The van der Waals surface area contributed by atoms with Gasteiger partial charge in [0.1, 0.15) is 11.6 Å². The highest BCUT2D eigenvalue weighted by Crippen LogP contribution is 2.27. The van der Waals surface area contributed by atoms with Crippen molar-refractivity contribution in [3.63, 3.8) is 0 Å². The van der Waals surface area contributed by atoms with Gasteiger partial charge in [-0.15, -0.1) is 0 Å². The van der Waals surface area contributed by atoms with Crippen LogP contribution in [0.2, 0.25) is 0 Å². The van der Waals surface area contributed by atoms with Crippen molar-refractivity contribution in [1.82, 2.24) is 15.0 Å². The lowest BCUT2D eigenvalue weighted by Crippen LogP contribution is -2.06. The van der Waals surface area contributed by atoms with Crippen LogP contribution in [0.25, 0.3) is 11.3 Å². The van der Waals surface area contributed by atoms with Crippen molar-refractivity contribution in [2.75, 3.05) is 19.0 Å². The predicted molar refractivity (Wildman–Crippen MR) is 75.5 cm³/mol. The lowest BCUT2D eigenvalue weighted by molar-refractivity contribution is 0.398. The molecule has 1 N–H and O–H groups in total. The summed E-state index contributed by atoms with van der Waals surface area (Å²) in [5.41, 5.74) is 2.92. The number of hydrogen-bond acceptors (Lipinski definition) is 5. The fraction of sp³-hybridized carbons (Fsp3) is 0.357. The molecule has 100 valence electrons. The topological polar surface area (TPSA) is 59.9 Å². The summed E-state index contributed by atoms with van der Waals surface area (Å²) in [5.74, 6) is 2.20. The Morgan fingerprint density at radius 2 is 2.05 bits per heavy atom. The highest BCUT2D eigenvalue weighted by molar-refractivity contribution is 5.68. The zero-order chi connectivity index (χ0) is 13.8. The Bertz CT molecular complexity index is 584. The Labute approximate surface area is 113 Å². The molecule has 0 amide bonds. The lowest BCUT2D eigenvalue weighted by Gasteiger charge is -2.12. The Balaban J connectivity index is 2.54. The summed E-state index contributed by atoms with van der Waals surface area (Å²) in [5, 5.41) is 3.26. The average Bonchev–Trinajstić information content (AvgIpc) is 2.43. The molecule has 19 heavy (non-hydrogen) atoms. The molecule has 0 spiro atoms. The zero-order valence-electron chi connectivity index (χ0n) is 11.7. The summed E-state index contributed by atoms with van der Waals surface area (Å²) in [6.07, 6.45) is 1.72. The van der Waals surface area contributed by atoms with E-state index in [1.165, 1.54) is 0 Å². The van der Waals surface area contributed by atoms with E-state index >= 15 is 0 Å². The van der Waals surface area contributed by atoms with Gasteiger partial charge in [0.25, 0.3) is 0 Å². The quantitative estimate of drug-likeness (QED) is 0.913. The van der Waals surface area contributed by atoms with E-state index < -0.39 is 0 Å². The van der Waals surface area contributed by atoms with Crippen LogP contribution < -0.4 is 10.1 Å². The van der Waals surface area contributed by atoms with Crippen molar-refractivity contribution < 1.29 is 4.74 Å². The van der Waals surface area contributed by atoms with Gasteiger partial charge >= 0.3 is 0 Å². The van der Waals surface area contributed by atoms with Crippen LogP contribution in [0, 0.1) is 13.8 Å². The third kappa shape index (κ3) is 2.81. The molecule has 5 heteroatoms. The van der Waals surface area contributed by atoms with Crippen LogP contribution in [0.4, 0.5) is 5.82 Å². The summed E-state index contributed by atoms with van der Waals surface area (Å²) in [7, 11) is 1.61. The third-order valence-electron chi connectivity index (χ3n) is 2.82. The van der Waals surface area contributed by atoms with E-state index in [-0.39, 0.29) is 0 Å². The van der Waals surface area contributed by atoms with Crippen molar-refractivity contribution in [3.05, 3.63) is 29.7 Å². The highest BCUT2D eigenvalue weighted by atomic mass is 16.5. The van der Waals surface area contributed by atoms with E-state index in [0.717, 1.165) is 35.0 Å². The first-order chi connectivity index (χ1) is 9.15. The second-order valence-electron chi connectivity index (χ2n) is 4.21. The molecule has 0 saturated carbocycles. The molecule has 2 rings (SSSR count). The fourth-order valence-electron chi connectivity index (χ4n) is 1.92. The van der Waals surface area contributed by atoms with Gasteiger partial charge in [0.05, 0.1) is 12.8 Å². The number of hydrogen-bond donors (Lipinski definition) is 1. The van der Waals surface area contributed by atoms with Crippen molar-refractivity contribution in [3.8, 4) is 17.1 Å². The number of nitrogens with zero attached hydrogens (tertiary/aromatic N) is 3. The highest BCUT2D eigenvalue weighted by Gasteiger charge is 2.11. The molecule has 0 atom stereocenters. The molecular weight excluding hydrogens is 240 g/mol. The average molecular weight is 258 g/mol. The van der Waals surface area contributed by atoms with Crippen LogP contribution in [0.1, 0.15) is 18.3 Å². The van der Waals surface area contributed by atoms with E-state index in [1.54, 1.807) is 13.3 Å². The van der Waals surface area contributed by atoms with Gasteiger partial charge in [-0.25, -0.2) is 15.0 Å². The fourth-order valence-corrected chi connectivity index (χ4v) is 1.92. The predicted octanol–water partition coefficient (Wildman–Crippen LogP) is 2.60. The molecule has 0 fully saturated rings. The number of rotatable bonds is 4. The van der Waals surface area contributed by atoms with Gasteiger partial charge in [-0.3, -0.25) is 0 Å². The molecule has 2 aromatic rings. The number of pyridine rings is 1. The number of aryl methyl sites for hydroxylation is 1. The Morgan fingerprint density at radius 1 is 1.26 bits per heavy atom. The molecule has 0 aliphatic rings. The van der Waals surface area contributed by atoms with Gasteiger partial charge in [0, 0.05) is 29.9 Å². The van der Waals surface area contributed by atoms with Gasteiger partial charge < -0.3 is 10.1 Å². The van der Waals surface area contributed by atoms with Crippen LogP contribution in [0.5, 0.6) is 5.88 Å². The summed E-state index contributed by atoms with van der Waals surface area (Å²) < 4.78 is 5.15. The number of aromatic nitrogens is 3. The second-order valence-corrected chi connectivity index (χ2v) is 4.21. The molecule has 0 unspecified atom stereocenters. The third-order valence-corrected chi connectivity index (χ3v) is 2.82. The first-order valence-corrected chi connectivity index (χ1v) is 6.25. The molecule has 0 aromatic carbocycles. The normalized spacial score (nSPS) is 10.3. The van der Waals surface area contributed by atoms with Crippen LogP contribution in [0.3, 0.4) is 0 Å². The van der Waals surface area contributed by atoms with E-state index in [4.69, 9.17) is 4.74 Å². The Kier molecular flexibility index (Phi) is 3.94. The molecular formula is C14H18N4O. The standard InChI is InChI=1S/C14H18N4O/c1-5-15-14-9(2)13(17-10(3)18-14)11-6-7-16-12(8-11)19-4/h6-8H,5H2,1-4H3,(H,15,17,18). The maximum atomic E-state index is 5.15. The Morgan fingerprint density at radius 3 is 2.74 bits per heavy atom. The minimum atomic E-state index is 0.582. The van der Waals surface area contributed by atoms with Gasteiger partial charge in [-0.2, -0.15) is 0 Å². The zero-order valence-corrected chi connectivity index (χ0v) is 11.7. The van der Waals surface area contributed by atoms with Gasteiger partial charge in [-0.1, -0.05) is 0 Å². The molecule has 0 aliphatic heterocycles. The van der Waals surface area contributed by atoms with Gasteiger partial charge in [0.2, 0.25) is 5.88 Å². The van der Waals surface area contributed by atoms with E-state index in [0.29, 0.717) is 5.88 Å². The van der Waals surface area contributed by atoms with Crippen molar-refractivity contribution in [1.29, 1.82) is 0 Å². The minimum absolute atomic E-state index is 0.582. The summed E-state index contributed by atoms with van der Waals surface area (Å²) >= 11 is 0. The van der Waals surface area contributed by atoms with Gasteiger partial charge in [0.15, 0.2) is 0 Å². The van der Waals surface area contributed by atoms with Crippen molar-refractivity contribution >= 4 is 5.82 Å². The van der Waals surface area contributed by atoms with Gasteiger partial charge in [-0.05, 0) is 26.8 Å². The first kappa shape index (κ1) is 13.3. The van der Waals surface area contributed by atoms with Crippen LogP contribution in [-0.4, -0.2) is 28.6 Å². The van der Waals surface area contributed by atoms with Crippen LogP contribution in [-0.2, 0) is 0 Å². The maximum absolute atomic E-state index is 5.15. The summed E-state index contributed by atoms with van der Waals surface area (Å²) in [6.45, 7) is 6.78. The van der Waals surface area contributed by atoms with E-state index in [9.17, 15) is 0 Å². The molecule has 0 aliphatic carbocycles. The molecule has 2 heterocycles. The second kappa shape index (κ2) is 5.65. The number of ether oxygens (including phenoxy) is 1. The summed E-state index contributed by atoms with van der Waals surface area (Å²) in [6, 6.07) is 3.80. The van der Waals surface area contributed by atoms with Crippen molar-refractivity contribution in [2.24, 2.45) is 0 Å². The maximum Gasteiger partial charge on any atom is 0.213 e. The van der Waals surface area contributed by atoms with Crippen molar-refractivity contribution in [2.45, 2.75) is 20.8 Å². The first-order valence-electron chi connectivity index (χ1n) is 6.25. The van der Waals surface area contributed by atoms with E-state index in [2.05, 4.69) is 20.3 Å². The Hall–Kier alpha value is -2.17. The smallest absolute Gasteiger partial charge is 0.213 e. The molecule has 0 radical (unpaired) electrons. The molecule has 5 nitrogen and oxygen atoms in total. The minimum Gasteiger partial charge on any atom is -0.481 e. The van der Waals surface area contributed by atoms with Crippen LogP contribution in [0.15, 0.2) is 18.3 Å². The molecule has 0 saturated heterocycles. The lowest BCUT2D eigenvalue weighted by atomic mass is 10.1.